The molecule has 4 nitrogen and oxygen atoms in total. The number of fused-ring (bicyclic) bond motifs is 1. The van der Waals surface area contributed by atoms with E-state index in [1.165, 1.54) is 0 Å². The summed E-state index contributed by atoms with van der Waals surface area (Å²) in [6.45, 7) is 7.00. The van der Waals surface area contributed by atoms with Gasteiger partial charge in [-0.25, -0.2) is 4.99 Å². The number of nitrogens with zero attached hydrogens (tertiary/aromatic N) is 3. The minimum atomic E-state index is -4.32. The number of aliphatic imine (C=N–C) groups is 1. The Hall–Kier alpha value is -1.24. The van der Waals surface area contributed by atoms with Crippen molar-refractivity contribution < 1.29 is 17.9 Å². The molecule has 0 N–H and O–H groups in total. The van der Waals surface area contributed by atoms with Crippen LogP contribution < -0.4 is 0 Å². The summed E-state index contributed by atoms with van der Waals surface area (Å²) in [4.78, 5) is 9.42. The smallest absolute Gasteiger partial charge is 0.422 e. The van der Waals surface area contributed by atoms with Gasteiger partial charge in [-0.2, -0.15) is 13.2 Å². The topological polar surface area (TPSA) is 27.8 Å². The molecule has 3 rings (SSSR count). The van der Waals surface area contributed by atoms with Crippen molar-refractivity contribution in [3.8, 4) is 0 Å². The average molecular weight is 359 g/mol. The van der Waals surface area contributed by atoms with Crippen molar-refractivity contribution in [3.05, 3.63) is 11.5 Å². The summed E-state index contributed by atoms with van der Waals surface area (Å²) in [5.41, 5.74) is 0.736. The maximum absolute atomic E-state index is 12.6. The van der Waals surface area contributed by atoms with Gasteiger partial charge in [0, 0.05) is 12.3 Å². The molecule has 0 spiro atoms. The summed E-state index contributed by atoms with van der Waals surface area (Å²) in [5.74, 6) is 2.32. The van der Waals surface area contributed by atoms with Crippen molar-refractivity contribution in [3.63, 3.8) is 0 Å². The highest BCUT2D eigenvalue weighted by atomic mass is 19.4. The van der Waals surface area contributed by atoms with Gasteiger partial charge in [-0.1, -0.05) is 20.8 Å². The highest BCUT2D eigenvalue weighted by Crippen LogP contribution is 2.48. The molecule has 2 saturated heterocycles. The number of alkyl halides is 3. The Morgan fingerprint density at radius 2 is 1.92 bits per heavy atom. The molecule has 3 aliphatic heterocycles. The number of allylic oxidation sites excluding steroid dienone is 1. The summed E-state index contributed by atoms with van der Waals surface area (Å²) in [6, 6.07) is 0.455. The largest absolute Gasteiger partial charge is 0.486 e. The van der Waals surface area contributed by atoms with Crippen molar-refractivity contribution >= 4 is 5.84 Å². The first-order valence-corrected chi connectivity index (χ1v) is 9.21. The van der Waals surface area contributed by atoms with Gasteiger partial charge in [-0.15, -0.1) is 0 Å². The van der Waals surface area contributed by atoms with Crippen molar-refractivity contribution in [2.24, 2.45) is 16.8 Å². The van der Waals surface area contributed by atoms with Gasteiger partial charge in [0.2, 0.25) is 0 Å². The van der Waals surface area contributed by atoms with Gasteiger partial charge in [-0.05, 0) is 38.9 Å². The van der Waals surface area contributed by atoms with E-state index in [-0.39, 0.29) is 6.04 Å². The van der Waals surface area contributed by atoms with Crippen LogP contribution in [0.15, 0.2) is 16.4 Å². The van der Waals surface area contributed by atoms with E-state index >= 15 is 0 Å². The molecule has 0 bridgehead atoms. The van der Waals surface area contributed by atoms with Crippen molar-refractivity contribution in [2.75, 3.05) is 26.7 Å². The first-order chi connectivity index (χ1) is 11.7. The van der Waals surface area contributed by atoms with Crippen LogP contribution in [-0.2, 0) is 4.74 Å². The van der Waals surface area contributed by atoms with Crippen LogP contribution in [0.25, 0.3) is 0 Å². The summed E-state index contributed by atoms with van der Waals surface area (Å²) >= 11 is 0. The first-order valence-electron chi connectivity index (χ1n) is 9.21. The summed E-state index contributed by atoms with van der Waals surface area (Å²) in [7, 11) is 2.12. The fourth-order valence-corrected chi connectivity index (χ4v) is 4.09. The van der Waals surface area contributed by atoms with Gasteiger partial charge in [0.25, 0.3) is 0 Å². The quantitative estimate of drug-likeness (QED) is 0.554. The molecule has 0 aliphatic carbocycles. The van der Waals surface area contributed by atoms with Gasteiger partial charge in [0.1, 0.15) is 17.3 Å². The zero-order valence-corrected chi connectivity index (χ0v) is 15.4. The lowest BCUT2D eigenvalue weighted by Crippen LogP contribution is -2.36. The number of hydrogen-bond donors (Lipinski definition) is 0. The van der Waals surface area contributed by atoms with Gasteiger partial charge in [0.15, 0.2) is 6.61 Å². The monoisotopic (exact) mass is 359 g/mol. The highest BCUT2D eigenvalue weighted by Gasteiger charge is 2.59. The van der Waals surface area contributed by atoms with Crippen LogP contribution in [0.2, 0.25) is 0 Å². The highest BCUT2D eigenvalue weighted by molar-refractivity contribution is 5.92. The third kappa shape index (κ3) is 3.81. The van der Waals surface area contributed by atoms with E-state index in [2.05, 4.69) is 30.7 Å². The normalized spacial score (nSPS) is 29.8. The van der Waals surface area contributed by atoms with E-state index in [1.807, 2.05) is 6.92 Å². The number of rotatable bonds is 5. The molecule has 0 aromatic rings. The van der Waals surface area contributed by atoms with Crippen molar-refractivity contribution in [1.82, 2.24) is 9.80 Å². The number of halogens is 3. The Balaban J connectivity index is 1.83. The van der Waals surface area contributed by atoms with Gasteiger partial charge in [-0.3, -0.25) is 0 Å². The summed E-state index contributed by atoms with van der Waals surface area (Å²) in [5, 5.41) is 0. The molecule has 3 heterocycles. The number of likely N-dealkylation sites (tertiary alicyclic amines) is 1. The molecule has 2 atom stereocenters. The Bertz CT molecular complexity index is 562. The minimum absolute atomic E-state index is 0.109. The molecule has 0 radical (unpaired) electrons. The van der Waals surface area contributed by atoms with Crippen LogP contribution in [0.1, 0.15) is 40.0 Å². The molecule has 0 aromatic heterocycles. The second-order valence-electron chi connectivity index (χ2n) is 7.70. The first kappa shape index (κ1) is 18.5. The van der Waals surface area contributed by atoms with Gasteiger partial charge < -0.3 is 14.5 Å². The van der Waals surface area contributed by atoms with E-state index in [4.69, 9.17) is 9.73 Å². The Labute approximate surface area is 147 Å². The molecule has 0 amide bonds. The molecular weight excluding hydrogens is 331 g/mol. The summed E-state index contributed by atoms with van der Waals surface area (Å²) < 4.78 is 42.8. The molecule has 1 unspecified atom stereocenters. The maximum atomic E-state index is 12.6. The predicted molar refractivity (Wildman–Crippen MR) is 91.2 cm³/mol. The van der Waals surface area contributed by atoms with Crippen molar-refractivity contribution in [1.29, 1.82) is 0 Å². The van der Waals surface area contributed by atoms with Crippen LogP contribution >= 0.6 is 0 Å². The Morgan fingerprint density at radius 3 is 2.44 bits per heavy atom. The number of amidine groups is 1. The summed E-state index contributed by atoms with van der Waals surface area (Å²) in [6.07, 6.45) is -1.77. The molecular formula is C18H28F3N3O. The standard InChI is InChI=1S/C18H28F3N3O/c1-5-13(25-10-18(19,20)21)14-16-15(11(2)3)24(16)17(22-14)12-6-8-23(4)9-7-12/h11-12,15-16H,5-10H2,1-4H3/b14-13-/t15-,16?,24?/m1/s1. The second-order valence-corrected chi connectivity index (χ2v) is 7.70. The molecule has 0 saturated carbocycles. The lowest BCUT2D eigenvalue weighted by molar-refractivity contribution is -0.165. The Morgan fingerprint density at radius 1 is 1.28 bits per heavy atom. The molecule has 7 heteroatoms. The van der Waals surface area contributed by atoms with Crippen LogP contribution in [0.3, 0.4) is 0 Å². The van der Waals surface area contributed by atoms with Gasteiger partial charge in [0.05, 0.1) is 12.1 Å². The fraction of sp³-hybridized carbons (Fsp3) is 0.833. The van der Waals surface area contributed by atoms with Gasteiger partial charge >= 0.3 is 6.18 Å². The van der Waals surface area contributed by atoms with E-state index < -0.39 is 12.8 Å². The van der Waals surface area contributed by atoms with E-state index in [0.29, 0.717) is 30.1 Å². The third-order valence-corrected chi connectivity index (χ3v) is 5.42. The molecule has 0 aromatic carbocycles. The number of piperidine rings is 1. The van der Waals surface area contributed by atoms with Crippen molar-refractivity contribution in [2.45, 2.75) is 58.3 Å². The molecule has 142 valence electrons. The zero-order valence-electron chi connectivity index (χ0n) is 15.4. The van der Waals surface area contributed by atoms with Crippen LogP contribution in [0.4, 0.5) is 13.2 Å². The van der Waals surface area contributed by atoms with Crippen LogP contribution in [0.5, 0.6) is 0 Å². The van der Waals surface area contributed by atoms with E-state index in [9.17, 15) is 13.2 Å². The average Bonchev–Trinajstić information content (AvgIpc) is 3.16. The zero-order chi connectivity index (χ0) is 18.4. The third-order valence-electron chi connectivity index (χ3n) is 5.42. The van der Waals surface area contributed by atoms with Crippen LogP contribution in [0, 0.1) is 11.8 Å². The predicted octanol–water partition coefficient (Wildman–Crippen LogP) is 3.65. The van der Waals surface area contributed by atoms with E-state index in [1.54, 1.807) is 0 Å². The van der Waals surface area contributed by atoms with Crippen LogP contribution in [-0.4, -0.2) is 60.6 Å². The molecule has 3 aliphatic rings. The SMILES string of the molecule is CC/C(OCC(F)(F)F)=C1/N=C(C2CCN(C)CC2)N2C1[C@H]2C(C)C. The Kier molecular flexibility index (Phi) is 5.06. The lowest BCUT2D eigenvalue weighted by Gasteiger charge is -2.30. The number of ether oxygens (including phenoxy) is 1. The van der Waals surface area contributed by atoms with E-state index in [0.717, 1.165) is 37.5 Å². The minimum Gasteiger partial charge on any atom is -0.486 e. The lowest BCUT2D eigenvalue weighted by atomic mass is 9.95. The fourth-order valence-electron chi connectivity index (χ4n) is 4.09. The molecule has 2 fully saturated rings. The molecule has 25 heavy (non-hydrogen) atoms. The maximum Gasteiger partial charge on any atom is 0.422 e. The second kappa shape index (κ2) is 6.82. The number of hydrogen-bond acceptors (Lipinski definition) is 4.